The molecule has 0 amide bonds. The number of nitriles is 1. The molecule has 4 heteroatoms. The fourth-order valence-electron chi connectivity index (χ4n) is 1.40. The zero-order chi connectivity index (χ0) is 13.0. The van der Waals surface area contributed by atoms with Crippen LogP contribution in [0.4, 0.5) is 4.39 Å². The molecule has 0 unspecified atom stereocenters. The van der Waals surface area contributed by atoms with Gasteiger partial charge in [0.2, 0.25) is 0 Å². The molecule has 0 saturated heterocycles. The highest BCUT2D eigenvalue weighted by molar-refractivity contribution is 5.75. The molecule has 1 N–H and O–H groups in total. The van der Waals surface area contributed by atoms with Crippen LogP contribution >= 0.6 is 0 Å². The molecule has 0 aliphatic rings. The lowest BCUT2D eigenvalue weighted by molar-refractivity contribution is 0.515. The van der Waals surface area contributed by atoms with Crippen LogP contribution in [-0.4, -0.2) is 10.1 Å². The zero-order valence-electron chi connectivity index (χ0n) is 9.34. The zero-order valence-corrected chi connectivity index (χ0v) is 9.34. The number of aliphatic hydroxyl groups is 1. The average Bonchev–Trinajstić information content (AvgIpc) is 2.40. The van der Waals surface area contributed by atoms with Gasteiger partial charge in [-0.05, 0) is 36.4 Å². The number of hydrogen-bond acceptors (Lipinski definition) is 3. The Labute approximate surface area is 103 Å². The number of pyridine rings is 1. The van der Waals surface area contributed by atoms with Crippen LogP contribution in [-0.2, 0) is 0 Å². The van der Waals surface area contributed by atoms with Gasteiger partial charge in [-0.3, -0.25) is 4.98 Å². The molecule has 2 rings (SSSR count). The molecule has 0 atom stereocenters. The molecule has 0 aliphatic heterocycles. The van der Waals surface area contributed by atoms with Crippen molar-refractivity contribution in [2.75, 3.05) is 0 Å². The highest BCUT2D eigenvalue weighted by atomic mass is 19.1. The van der Waals surface area contributed by atoms with Gasteiger partial charge in [-0.25, -0.2) is 4.39 Å². The molecule has 3 nitrogen and oxygen atoms in total. The third-order valence-electron chi connectivity index (χ3n) is 2.34. The van der Waals surface area contributed by atoms with Crippen LogP contribution in [0.2, 0.25) is 0 Å². The summed E-state index contributed by atoms with van der Waals surface area (Å²) in [7, 11) is 0. The monoisotopic (exact) mass is 240 g/mol. The van der Waals surface area contributed by atoms with Crippen molar-refractivity contribution in [1.29, 1.82) is 5.26 Å². The second-order valence-corrected chi connectivity index (χ2v) is 3.62. The van der Waals surface area contributed by atoms with Gasteiger partial charge in [0.05, 0.1) is 11.3 Å². The Morgan fingerprint density at radius 3 is 2.50 bits per heavy atom. The van der Waals surface area contributed by atoms with E-state index in [4.69, 9.17) is 5.26 Å². The van der Waals surface area contributed by atoms with Crippen molar-refractivity contribution in [2.45, 2.75) is 0 Å². The Morgan fingerprint density at radius 2 is 1.94 bits per heavy atom. The Bertz CT molecular complexity index is 610. The number of aliphatic hydroxyl groups excluding tert-OH is 1. The van der Waals surface area contributed by atoms with Gasteiger partial charge in [-0.2, -0.15) is 5.26 Å². The van der Waals surface area contributed by atoms with E-state index in [1.54, 1.807) is 12.1 Å². The number of benzene rings is 1. The van der Waals surface area contributed by atoms with Crippen molar-refractivity contribution in [2.24, 2.45) is 0 Å². The van der Waals surface area contributed by atoms with Gasteiger partial charge in [0, 0.05) is 17.8 Å². The van der Waals surface area contributed by atoms with E-state index >= 15 is 0 Å². The largest absolute Gasteiger partial charge is 0.507 e. The van der Waals surface area contributed by atoms with Crippen LogP contribution in [0.3, 0.4) is 0 Å². The van der Waals surface area contributed by atoms with Gasteiger partial charge >= 0.3 is 0 Å². The fraction of sp³-hybridized carbons (Fsp3) is 0. The Balaban J connectivity index is 2.26. The molecule has 1 aromatic heterocycles. The minimum Gasteiger partial charge on any atom is -0.507 e. The lowest BCUT2D eigenvalue weighted by Crippen LogP contribution is -1.86. The highest BCUT2D eigenvalue weighted by Crippen LogP contribution is 2.15. The summed E-state index contributed by atoms with van der Waals surface area (Å²) in [5, 5.41) is 18.4. The topological polar surface area (TPSA) is 56.9 Å². The van der Waals surface area contributed by atoms with Gasteiger partial charge in [-0.1, -0.05) is 0 Å². The summed E-state index contributed by atoms with van der Waals surface area (Å²) in [6.07, 6.45) is 2.87. The number of rotatable bonds is 2. The van der Waals surface area contributed by atoms with E-state index in [0.29, 0.717) is 16.8 Å². The maximum atomic E-state index is 12.7. The van der Waals surface area contributed by atoms with Crippen molar-refractivity contribution in [3.05, 3.63) is 65.2 Å². The van der Waals surface area contributed by atoms with Crippen molar-refractivity contribution >= 4 is 11.8 Å². The molecule has 0 aliphatic carbocycles. The molecule has 0 bridgehead atoms. The van der Waals surface area contributed by atoms with E-state index in [9.17, 15) is 9.50 Å². The third-order valence-corrected chi connectivity index (χ3v) is 2.34. The Hall–Kier alpha value is -2.67. The first-order chi connectivity index (χ1) is 8.69. The normalized spacial score (nSPS) is 11.0. The summed E-state index contributed by atoms with van der Waals surface area (Å²) >= 11 is 0. The molecule has 1 heterocycles. The Morgan fingerprint density at radius 1 is 1.22 bits per heavy atom. The van der Waals surface area contributed by atoms with Gasteiger partial charge in [0.1, 0.15) is 17.6 Å². The maximum Gasteiger partial charge on any atom is 0.124 e. The summed E-state index contributed by atoms with van der Waals surface area (Å²) in [6, 6.07) is 10.7. The molecule has 0 fully saturated rings. The Kier molecular flexibility index (Phi) is 3.35. The van der Waals surface area contributed by atoms with Crippen molar-refractivity contribution in [3.8, 4) is 6.07 Å². The molecule has 0 spiro atoms. The molecule has 1 aromatic carbocycles. The molecule has 0 radical (unpaired) electrons. The van der Waals surface area contributed by atoms with Gasteiger partial charge in [0.15, 0.2) is 0 Å². The predicted octanol–water partition coefficient (Wildman–Crippen LogP) is 3.15. The summed E-state index contributed by atoms with van der Waals surface area (Å²) in [5.41, 5.74) is 1.48. The van der Waals surface area contributed by atoms with Crippen LogP contribution in [0.1, 0.15) is 16.8 Å². The lowest BCUT2D eigenvalue weighted by Gasteiger charge is -2.00. The van der Waals surface area contributed by atoms with Crippen LogP contribution < -0.4 is 0 Å². The molecule has 0 saturated carbocycles. The second-order valence-electron chi connectivity index (χ2n) is 3.62. The van der Waals surface area contributed by atoms with E-state index in [1.807, 2.05) is 6.07 Å². The van der Waals surface area contributed by atoms with Crippen LogP contribution in [0.25, 0.3) is 11.8 Å². The first-order valence-corrected chi connectivity index (χ1v) is 5.22. The van der Waals surface area contributed by atoms with Crippen molar-refractivity contribution < 1.29 is 9.50 Å². The van der Waals surface area contributed by atoms with Crippen LogP contribution in [0.15, 0.2) is 42.6 Å². The minimum atomic E-state index is -0.358. The van der Waals surface area contributed by atoms with E-state index in [-0.39, 0.29) is 11.6 Å². The highest BCUT2D eigenvalue weighted by Gasteiger charge is 2.00. The summed E-state index contributed by atoms with van der Waals surface area (Å²) in [5.74, 6) is -0.366. The number of nitrogens with zero attached hydrogens (tertiary/aromatic N) is 2. The lowest BCUT2D eigenvalue weighted by atomic mass is 10.1. The SMILES string of the molecule is N#Cc1ccc(/C=C(\O)c2ccc(F)cc2)nc1. The number of aromatic nitrogens is 1. The molecule has 88 valence electrons. The second kappa shape index (κ2) is 5.11. The van der Waals surface area contributed by atoms with E-state index in [0.717, 1.165) is 0 Å². The molecular weight excluding hydrogens is 231 g/mol. The summed E-state index contributed by atoms with van der Waals surface area (Å²) in [6.45, 7) is 0. The third kappa shape index (κ3) is 2.71. The van der Waals surface area contributed by atoms with Crippen LogP contribution in [0, 0.1) is 17.1 Å². The minimum absolute atomic E-state index is 0.00722. The molecule has 2 aromatic rings. The van der Waals surface area contributed by atoms with Gasteiger partial charge in [0.25, 0.3) is 0 Å². The van der Waals surface area contributed by atoms with Crippen molar-refractivity contribution in [3.63, 3.8) is 0 Å². The maximum absolute atomic E-state index is 12.7. The van der Waals surface area contributed by atoms with Gasteiger partial charge in [-0.15, -0.1) is 0 Å². The number of hydrogen-bond donors (Lipinski definition) is 1. The summed E-state index contributed by atoms with van der Waals surface area (Å²) in [4.78, 5) is 4.00. The van der Waals surface area contributed by atoms with Gasteiger partial charge < -0.3 is 5.11 Å². The van der Waals surface area contributed by atoms with Crippen molar-refractivity contribution in [1.82, 2.24) is 4.98 Å². The van der Waals surface area contributed by atoms with E-state index < -0.39 is 0 Å². The molecule has 18 heavy (non-hydrogen) atoms. The number of halogens is 1. The fourth-order valence-corrected chi connectivity index (χ4v) is 1.40. The molecular formula is C14H9FN2O. The summed E-state index contributed by atoms with van der Waals surface area (Å²) < 4.78 is 12.7. The van der Waals surface area contributed by atoms with Crippen LogP contribution in [0.5, 0.6) is 0 Å². The smallest absolute Gasteiger partial charge is 0.124 e. The quantitative estimate of drug-likeness (QED) is 0.820. The predicted molar refractivity (Wildman–Crippen MR) is 65.9 cm³/mol. The first-order valence-electron chi connectivity index (χ1n) is 5.22. The standard InChI is InChI=1S/C14H9FN2O/c15-12-4-2-11(3-5-12)14(18)7-13-6-1-10(8-16)9-17-13/h1-7,9,18H/b14-7-. The first kappa shape index (κ1) is 11.8. The average molecular weight is 240 g/mol. The van der Waals surface area contributed by atoms with E-state index in [1.165, 1.54) is 36.5 Å². The van der Waals surface area contributed by atoms with E-state index in [2.05, 4.69) is 4.98 Å².